The molecule has 0 aliphatic carbocycles. The number of carbonyl (C=O) groups excluding carboxylic acids is 1. The van der Waals surface area contributed by atoms with Crippen LogP contribution in [0, 0.1) is 0 Å². The molecule has 0 aromatic carbocycles. The highest BCUT2D eigenvalue weighted by molar-refractivity contribution is 9.13. The van der Waals surface area contributed by atoms with Crippen LogP contribution in [0.5, 0.6) is 0 Å². The Balaban J connectivity index is 2.66. The molecule has 0 aliphatic heterocycles. The Morgan fingerprint density at radius 3 is 2.69 bits per heavy atom. The van der Waals surface area contributed by atoms with Crippen molar-refractivity contribution in [1.82, 2.24) is 4.90 Å². The van der Waals surface area contributed by atoms with Crippen molar-refractivity contribution in [3.63, 3.8) is 0 Å². The van der Waals surface area contributed by atoms with Gasteiger partial charge in [0.1, 0.15) is 0 Å². The summed E-state index contributed by atoms with van der Waals surface area (Å²) in [6, 6.07) is 1.80. The maximum atomic E-state index is 11.9. The van der Waals surface area contributed by atoms with Crippen LogP contribution in [0.2, 0.25) is 0 Å². The average molecular weight is 386 g/mol. The Morgan fingerprint density at radius 1 is 1.62 bits per heavy atom. The minimum absolute atomic E-state index is 0.0207. The fourth-order valence-corrected chi connectivity index (χ4v) is 3.14. The van der Waals surface area contributed by atoms with E-state index in [0.29, 0.717) is 22.8 Å². The summed E-state index contributed by atoms with van der Waals surface area (Å²) < 4.78 is 1.81. The summed E-state index contributed by atoms with van der Waals surface area (Å²) in [5.74, 6) is -0.0207. The summed E-state index contributed by atoms with van der Waals surface area (Å²) in [5.41, 5.74) is 5.39. The highest BCUT2D eigenvalue weighted by Crippen LogP contribution is 2.32. The van der Waals surface area contributed by atoms with Crippen LogP contribution in [0.15, 0.2) is 14.3 Å². The Labute approximate surface area is 120 Å². The van der Waals surface area contributed by atoms with E-state index in [9.17, 15) is 4.79 Å². The van der Waals surface area contributed by atoms with Gasteiger partial charge >= 0.3 is 0 Å². The Kier molecular flexibility index (Phi) is 5.36. The fraction of sp³-hybridized carbons (Fsp3) is 0.333. The number of nitrogens with two attached hydrogens (primary N) is 1. The molecule has 1 aromatic heterocycles. The molecule has 3 nitrogen and oxygen atoms in total. The number of halogens is 2. The average Bonchev–Trinajstić information content (AvgIpc) is 2.54. The fourth-order valence-electron chi connectivity index (χ4n) is 1.02. The molecule has 0 saturated heterocycles. The quantitative estimate of drug-likeness (QED) is 0.810. The van der Waals surface area contributed by atoms with E-state index in [2.05, 4.69) is 31.9 Å². The molecule has 1 rings (SSSR count). The van der Waals surface area contributed by atoms with Gasteiger partial charge in [0, 0.05) is 24.5 Å². The summed E-state index contributed by atoms with van der Waals surface area (Å²) in [6.45, 7) is 0.543. The maximum absolute atomic E-state index is 11.9. The summed E-state index contributed by atoms with van der Waals surface area (Å²) in [7, 11) is 1.74. The standard InChI is InChI=1S/C9H10Br2N2OS2/c1-13(3-2-7(12)15)9(14)6-4-5(10)8(11)16-6/h4H,2-3H2,1H3,(H2,12,15). The largest absolute Gasteiger partial charge is 0.393 e. The third-order valence-corrected chi connectivity index (χ3v) is 5.34. The smallest absolute Gasteiger partial charge is 0.263 e. The van der Waals surface area contributed by atoms with E-state index >= 15 is 0 Å². The first-order valence-electron chi connectivity index (χ1n) is 4.40. The monoisotopic (exact) mass is 384 g/mol. The molecule has 1 aromatic rings. The van der Waals surface area contributed by atoms with E-state index in [0.717, 1.165) is 8.26 Å². The van der Waals surface area contributed by atoms with Crippen molar-refractivity contribution in [3.05, 3.63) is 19.2 Å². The van der Waals surface area contributed by atoms with Crippen molar-refractivity contribution in [3.8, 4) is 0 Å². The van der Waals surface area contributed by atoms with Crippen LogP contribution in [0.4, 0.5) is 0 Å². The van der Waals surface area contributed by atoms with Gasteiger partial charge in [-0.05, 0) is 37.9 Å². The first-order chi connectivity index (χ1) is 7.41. The predicted octanol–water partition coefficient (Wildman–Crippen LogP) is 3.02. The number of rotatable bonds is 4. The third kappa shape index (κ3) is 3.80. The Bertz CT molecular complexity index is 400. The molecule has 88 valence electrons. The number of amides is 1. The van der Waals surface area contributed by atoms with E-state index in [4.69, 9.17) is 18.0 Å². The van der Waals surface area contributed by atoms with Gasteiger partial charge in [0.15, 0.2) is 0 Å². The molecular formula is C9H10Br2N2OS2. The highest BCUT2D eigenvalue weighted by Gasteiger charge is 2.15. The van der Waals surface area contributed by atoms with Gasteiger partial charge in [0.25, 0.3) is 5.91 Å². The lowest BCUT2D eigenvalue weighted by Crippen LogP contribution is -2.29. The topological polar surface area (TPSA) is 46.3 Å². The van der Waals surface area contributed by atoms with Crippen LogP contribution in [0.1, 0.15) is 16.1 Å². The van der Waals surface area contributed by atoms with Gasteiger partial charge in [-0.25, -0.2) is 0 Å². The van der Waals surface area contributed by atoms with Crippen LogP contribution in [0.25, 0.3) is 0 Å². The van der Waals surface area contributed by atoms with Gasteiger partial charge in [0.2, 0.25) is 0 Å². The second-order valence-electron chi connectivity index (χ2n) is 3.18. The van der Waals surface area contributed by atoms with E-state index in [1.807, 2.05) is 0 Å². The second kappa shape index (κ2) is 6.09. The number of nitrogens with zero attached hydrogens (tertiary/aromatic N) is 1. The van der Waals surface area contributed by atoms with Gasteiger partial charge in [-0.15, -0.1) is 11.3 Å². The number of carbonyl (C=O) groups is 1. The summed E-state index contributed by atoms with van der Waals surface area (Å²) >= 11 is 12.9. The number of hydrogen-bond acceptors (Lipinski definition) is 3. The van der Waals surface area contributed by atoms with E-state index in [-0.39, 0.29) is 5.91 Å². The zero-order chi connectivity index (χ0) is 12.3. The minimum atomic E-state index is -0.0207. The SMILES string of the molecule is CN(CCC(N)=S)C(=O)c1cc(Br)c(Br)s1. The molecular weight excluding hydrogens is 376 g/mol. The predicted molar refractivity (Wildman–Crippen MR) is 78.1 cm³/mol. The molecule has 0 bridgehead atoms. The lowest BCUT2D eigenvalue weighted by atomic mass is 10.3. The maximum Gasteiger partial charge on any atom is 0.263 e. The van der Waals surface area contributed by atoms with Gasteiger partial charge in [0.05, 0.1) is 13.7 Å². The van der Waals surface area contributed by atoms with E-state index in [1.54, 1.807) is 18.0 Å². The molecule has 0 radical (unpaired) electrons. The van der Waals surface area contributed by atoms with E-state index < -0.39 is 0 Å². The molecule has 0 spiro atoms. The molecule has 0 aliphatic rings. The lowest BCUT2D eigenvalue weighted by Gasteiger charge is -2.15. The molecule has 7 heteroatoms. The Morgan fingerprint density at radius 2 is 2.25 bits per heavy atom. The molecule has 0 unspecified atom stereocenters. The molecule has 0 fully saturated rings. The van der Waals surface area contributed by atoms with Crippen molar-refractivity contribution in [1.29, 1.82) is 0 Å². The van der Waals surface area contributed by atoms with Crippen LogP contribution in [-0.4, -0.2) is 29.4 Å². The van der Waals surface area contributed by atoms with Gasteiger partial charge in [-0.3, -0.25) is 4.79 Å². The molecule has 0 atom stereocenters. The first kappa shape index (κ1) is 14.1. The normalized spacial score (nSPS) is 10.2. The third-order valence-electron chi connectivity index (χ3n) is 1.90. The lowest BCUT2D eigenvalue weighted by molar-refractivity contribution is 0.0803. The first-order valence-corrected chi connectivity index (χ1v) is 7.21. The highest BCUT2D eigenvalue weighted by atomic mass is 79.9. The van der Waals surface area contributed by atoms with Crippen molar-refractivity contribution in [2.45, 2.75) is 6.42 Å². The van der Waals surface area contributed by atoms with E-state index in [1.165, 1.54) is 11.3 Å². The molecule has 2 N–H and O–H groups in total. The zero-order valence-corrected chi connectivity index (χ0v) is 13.3. The van der Waals surface area contributed by atoms with Gasteiger partial charge < -0.3 is 10.6 Å². The summed E-state index contributed by atoms with van der Waals surface area (Å²) in [6.07, 6.45) is 0.547. The molecule has 1 heterocycles. The minimum Gasteiger partial charge on any atom is -0.393 e. The summed E-state index contributed by atoms with van der Waals surface area (Å²) in [5, 5.41) is 0. The number of thiophene rings is 1. The number of thiocarbonyl (C=S) groups is 1. The van der Waals surface area contributed by atoms with Crippen molar-refractivity contribution in [2.24, 2.45) is 5.73 Å². The van der Waals surface area contributed by atoms with Crippen LogP contribution >= 0.6 is 55.4 Å². The van der Waals surface area contributed by atoms with Crippen LogP contribution < -0.4 is 5.73 Å². The zero-order valence-electron chi connectivity index (χ0n) is 8.50. The van der Waals surface area contributed by atoms with Crippen molar-refractivity contribution in [2.75, 3.05) is 13.6 Å². The molecule has 1 amide bonds. The molecule has 16 heavy (non-hydrogen) atoms. The summed E-state index contributed by atoms with van der Waals surface area (Å²) in [4.78, 5) is 14.7. The molecule has 0 saturated carbocycles. The second-order valence-corrected chi connectivity index (χ2v) is 6.92. The Hall–Kier alpha value is 0.0200. The van der Waals surface area contributed by atoms with Gasteiger partial charge in [-0.1, -0.05) is 12.2 Å². The van der Waals surface area contributed by atoms with Gasteiger partial charge in [-0.2, -0.15) is 0 Å². The van der Waals surface area contributed by atoms with Crippen molar-refractivity contribution >= 4 is 66.3 Å². The van der Waals surface area contributed by atoms with Crippen LogP contribution in [0.3, 0.4) is 0 Å². The van der Waals surface area contributed by atoms with Crippen molar-refractivity contribution < 1.29 is 4.79 Å². The van der Waals surface area contributed by atoms with Crippen LogP contribution in [-0.2, 0) is 0 Å². The number of hydrogen-bond donors (Lipinski definition) is 1.